The van der Waals surface area contributed by atoms with E-state index in [-0.39, 0.29) is 11.3 Å². The SMILES string of the molecule is CC1=CC=CC(C)(c2c3ccccc3nc(CCl)[n+]2[O-])C1. The number of aromatic nitrogens is 2. The summed E-state index contributed by atoms with van der Waals surface area (Å²) in [4.78, 5) is 4.38. The minimum absolute atomic E-state index is 0.107. The summed E-state index contributed by atoms with van der Waals surface area (Å²) < 4.78 is 0.915. The van der Waals surface area contributed by atoms with Gasteiger partial charge >= 0.3 is 5.82 Å². The van der Waals surface area contributed by atoms with Gasteiger partial charge in [-0.25, -0.2) is 4.73 Å². The van der Waals surface area contributed by atoms with Crippen LogP contribution in [0.1, 0.15) is 31.8 Å². The predicted octanol–water partition coefficient (Wildman–Crippen LogP) is 3.77. The Hall–Kier alpha value is -1.87. The Morgan fingerprint density at radius 2 is 2.14 bits per heavy atom. The van der Waals surface area contributed by atoms with Crippen LogP contribution in [-0.2, 0) is 11.3 Å². The van der Waals surface area contributed by atoms with Gasteiger partial charge in [0.25, 0.3) is 0 Å². The molecule has 3 rings (SSSR count). The molecule has 1 atom stereocenters. The summed E-state index contributed by atoms with van der Waals surface area (Å²) in [5, 5.41) is 13.6. The lowest BCUT2D eigenvalue weighted by Crippen LogP contribution is -2.44. The van der Waals surface area contributed by atoms with Gasteiger partial charge < -0.3 is 5.21 Å². The normalized spacial score (nSPS) is 21.6. The van der Waals surface area contributed by atoms with Crippen molar-refractivity contribution >= 4 is 22.5 Å². The highest BCUT2D eigenvalue weighted by molar-refractivity contribution is 6.16. The second-order valence-corrected chi connectivity index (χ2v) is 6.06. The molecule has 1 aromatic heterocycles. The monoisotopic (exact) mass is 300 g/mol. The largest absolute Gasteiger partial charge is 0.710 e. The van der Waals surface area contributed by atoms with Crippen LogP contribution in [0.4, 0.5) is 0 Å². The fourth-order valence-electron chi connectivity index (χ4n) is 3.10. The van der Waals surface area contributed by atoms with Crippen LogP contribution in [0.2, 0.25) is 0 Å². The Labute approximate surface area is 129 Å². The number of nitrogens with zero attached hydrogens (tertiary/aromatic N) is 2. The summed E-state index contributed by atoms with van der Waals surface area (Å²) in [6.45, 7) is 4.18. The van der Waals surface area contributed by atoms with Crippen molar-refractivity contribution in [2.75, 3.05) is 0 Å². The summed E-state index contributed by atoms with van der Waals surface area (Å²) in [5.74, 6) is 0.461. The summed E-state index contributed by atoms with van der Waals surface area (Å²) in [6.07, 6.45) is 7.02. The van der Waals surface area contributed by atoms with E-state index in [4.69, 9.17) is 11.6 Å². The number of para-hydroxylation sites is 1. The van der Waals surface area contributed by atoms with Crippen molar-refractivity contribution in [3.8, 4) is 0 Å². The van der Waals surface area contributed by atoms with E-state index in [1.807, 2.05) is 30.3 Å². The third kappa shape index (κ3) is 2.32. The number of halogens is 1. The van der Waals surface area contributed by atoms with Crippen LogP contribution in [0.5, 0.6) is 0 Å². The Morgan fingerprint density at radius 3 is 2.86 bits per heavy atom. The van der Waals surface area contributed by atoms with Gasteiger partial charge in [-0.05, 0) is 37.4 Å². The summed E-state index contributed by atoms with van der Waals surface area (Å²) in [5.41, 5.74) is 2.46. The van der Waals surface area contributed by atoms with Gasteiger partial charge in [0, 0.05) is 0 Å². The molecule has 0 N–H and O–H groups in total. The highest BCUT2D eigenvalue weighted by Gasteiger charge is 2.34. The van der Waals surface area contributed by atoms with Crippen LogP contribution in [0.15, 0.2) is 48.1 Å². The topological polar surface area (TPSA) is 39.8 Å². The zero-order valence-electron chi connectivity index (χ0n) is 12.1. The number of fused-ring (bicyclic) bond motifs is 1. The molecule has 0 fully saturated rings. The Bertz CT molecular complexity index is 767. The maximum Gasteiger partial charge on any atom is 0.317 e. The van der Waals surface area contributed by atoms with Gasteiger partial charge in [0.05, 0.1) is 10.8 Å². The third-order valence-corrected chi connectivity index (χ3v) is 4.24. The highest BCUT2D eigenvalue weighted by atomic mass is 35.5. The Kier molecular flexibility index (Phi) is 3.46. The standard InChI is InChI=1S/C17H17ClN2O/c1-12-6-5-9-17(2,10-12)16-13-7-3-4-8-14(13)19-15(11-18)20(16)21/h3-9H,10-11H2,1-2H3. The van der Waals surface area contributed by atoms with Gasteiger partial charge in [0.15, 0.2) is 5.52 Å². The summed E-state index contributed by atoms with van der Waals surface area (Å²) in [7, 11) is 0. The van der Waals surface area contributed by atoms with E-state index in [1.165, 1.54) is 5.57 Å². The van der Waals surface area contributed by atoms with Gasteiger partial charge in [-0.3, -0.25) is 0 Å². The van der Waals surface area contributed by atoms with Crippen molar-refractivity contribution in [2.24, 2.45) is 0 Å². The van der Waals surface area contributed by atoms with E-state index >= 15 is 0 Å². The minimum atomic E-state index is -0.343. The second kappa shape index (κ2) is 5.15. The van der Waals surface area contributed by atoms with E-state index in [2.05, 4.69) is 31.0 Å². The lowest BCUT2D eigenvalue weighted by Gasteiger charge is -2.31. The van der Waals surface area contributed by atoms with E-state index in [9.17, 15) is 5.21 Å². The number of benzene rings is 1. The number of alkyl halides is 1. The van der Waals surface area contributed by atoms with Crippen LogP contribution in [0.3, 0.4) is 0 Å². The van der Waals surface area contributed by atoms with Gasteiger partial charge in [-0.2, -0.15) is 0 Å². The molecule has 2 aromatic rings. The predicted molar refractivity (Wildman–Crippen MR) is 85.1 cm³/mol. The molecule has 0 spiro atoms. The first-order chi connectivity index (χ1) is 10.0. The van der Waals surface area contributed by atoms with Crippen molar-refractivity contribution in [1.82, 2.24) is 4.98 Å². The molecule has 0 amide bonds. The number of hydrogen-bond acceptors (Lipinski definition) is 2. The van der Waals surface area contributed by atoms with Gasteiger partial charge in [-0.1, -0.05) is 35.9 Å². The average Bonchev–Trinajstić information content (AvgIpc) is 2.46. The lowest BCUT2D eigenvalue weighted by molar-refractivity contribution is -0.626. The number of allylic oxidation sites excluding steroid dienone is 4. The first-order valence-corrected chi connectivity index (χ1v) is 7.51. The van der Waals surface area contributed by atoms with Crippen molar-refractivity contribution in [1.29, 1.82) is 0 Å². The molecular formula is C17H17ClN2O. The number of hydrogen-bond donors (Lipinski definition) is 0. The van der Waals surface area contributed by atoms with Crippen LogP contribution >= 0.6 is 11.6 Å². The molecule has 1 unspecified atom stereocenters. The molecule has 21 heavy (non-hydrogen) atoms. The third-order valence-electron chi connectivity index (χ3n) is 4.00. The van der Waals surface area contributed by atoms with E-state index in [0.29, 0.717) is 5.82 Å². The minimum Gasteiger partial charge on any atom is -0.710 e. The lowest BCUT2D eigenvalue weighted by atomic mass is 9.76. The van der Waals surface area contributed by atoms with E-state index in [1.54, 1.807) is 0 Å². The molecule has 3 nitrogen and oxygen atoms in total. The zero-order chi connectivity index (χ0) is 15.0. The molecule has 1 aliphatic carbocycles. The zero-order valence-corrected chi connectivity index (χ0v) is 12.9. The van der Waals surface area contributed by atoms with Crippen molar-refractivity contribution < 1.29 is 4.73 Å². The second-order valence-electron chi connectivity index (χ2n) is 5.79. The molecule has 0 saturated carbocycles. The first kappa shape index (κ1) is 14.1. The quantitative estimate of drug-likeness (QED) is 0.481. The van der Waals surface area contributed by atoms with Crippen LogP contribution in [0.25, 0.3) is 10.9 Å². The Balaban J connectivity index is 2.33. The van der Waals surface area contributed by atoms with Crippen molar-refractivity contribution in [3.05, 3.63) is 64.8 Å². The number of rotatable bonds is 2. The van der Waals surface area contributed by atoms with Crippen LogP contribution in [0, 0.1) is 5.21 Å². The van der Waals surface area contributed by atoms with Crippen molar-refractivity contribution in [3.63, 3.8) is 0 Å². The molecule has 1 aromatic carbocycles. The fraction of sp³-hybridized carbons (Fsp3) is 0.294. The smallest absolute Gasteiger partial charge is 0.317 e. The maximum absolute atomic E-state index is 12.7. The molecule has 0 saturated heterocycles. The van der Waals surface area contributed by atoms with E-state index in [0.717, 1.165) is 27.7 Å². The molecule has 1 heterocycles. The van der Waals surface area contributed by atoms with Crippen LogP contribution in [-0.4, -0.2) is 4.98 Å². The molecule has 4 heteroatoms. The molecular weight excluding hydrogens is 284 g/mol. The molecule has 0 bridgehead atoms. The first-order valence-electron chi connectivity index (χ1n) is 6.98. The molecule has 108 valence electrons. The van der Waals surface area contributed by atoms with E-state index < -0.39 is 0 Å². The molecule has 0 radical (unpaired) electrons. The summed E-state index contributed by atoms with van der Waals surface area (Å²) in [6, 6.07) is 7.74. The van der Waals surface area contributed by atoms with Gasteiger partial charge in [0.1, 0.15) is 11.6 Å². The van der Waals surface area contributed by atoms with Gasteiger partial charge in [-0.15, -0.1) is 11.6 Å². The van der Waals surface area contributed by atoms with Crippen molar-refractivity contribution in [2.45, 2.75) is 31.6 Å². The molecule has 1 aliphatic rings. The van der Waals surface area contributed by atoms with Crippen LogP contribution < -0.4 is 4.73 Å². The highest BCUT2D eigenvalue weighted by Crippen LogP contribution is 2.36. The maximum atomic E-state index is 12.7. The fourth-order valence-corrected chi connectivity index (χ4v) is 3.27. The van der Waals surface area contributed by atoms with Gasteiger partial charge in [0.2, 0.25) is 0 Å². The summed E-state index contributed by atoms with van der Waals surface area (Å²) >= 11 is 5.90. The molecule has 0 aliphatic heterocycles. The Morgan fingerprint density at radius 1 is 1.38 bits per heavy atom. The average molecular weight is 301 g/mol.